The number of amides is 1. The molecule has 1 N–H and O–H groups in total. The van der Waals surface area contributed by atoms with Gasteiger partial charge in [-0.1, -0.05) is 31.0 Å². The predicted molar refractivity (Wildman–Crippen MR) is 86.5 cm³/mol. The van der Waals surface area contributed by atoms with E-state index in [4.69, 9.17) is 0 Å². The van der Waals surface area contributed by atoms with Crippen molar-refractivity contribution in [3.63, 3.8) is 0 Å². The minimum Gasteiger partial charge on any atom is -0.325 e. The number of thioether (sulfide) groups is 1. The van der Waals surface area contributed by atoms with E-state index in [-0.39, 0.29) is 5.91 Å². The molecule has 0 spiro atoms. The van der Waals surface area contributed by atoms with Crippen molar-refractivity contribution in [1.82, 2.24) is 4.90 Å². The summed E-state index contributed by atoms with van der Waals surface area (Å²) in [5.74, 6) is -2.47. The standard InChI is InChI=1S/C16H22F2N2OS/c17-16(18)22-14-8-6-13(7-9-14)19-15(21)12-20-10-4-2-1-3-5-11-20/h6-9,16H,1-5,10-12H2,(H,19,21). The molecule has 0 aliphatic carbocycles. The van der Waals surface area contributed by atoms with Gasteiger partial charge in [-0.15, -0.1) is 0 Å². The van der Waals surface area contributed by atoms with E-state index in [1.165, 1.54) is 19.3 Å². The number of benzene rings is 1. The number of nitrogens with zero attached hydrogens (tertiary/aromatic N) is 1. The van der Waals surface area contributed by atoms with E-state index in [0.29, 0.717) is 28.9 Å². The highest BCUT2D eigenvalue weighted by Crippen LogP contribution is 2.26. The van der Waals surface area contributed by atoms with E-state index in [9.17, 15) is 13.6 Å². The fraction of sp³-hybridized carbons (Fsp3) is 0.562. The summed E-state index contributed by atoms with van der Waals surface area (Å²) in [5, 5.41) is 2.83. The van der Waals surface area contributed by atoms with Gasteiger partial charge in [-0.05, 0) is 50.2 Å². The Hall–Kier alpha value is -1.14. The lowest BCUT2D eigenvalue weighted by Crippen LogP contribution is -2.35. The van der Waals surface area contributed by atoms with Crippen LogP contribution in [0.2, 0.25) is 0 Å². The Bertz CT molecular complexity index is 460. The third-order valence-corrected chi connectivity index (χ3v) is 4.40. The van der Waals surface area contributed by atoms with Gasteiger partial charge in [0.05, 0.1) is 6.54 Å². The number of halogens is 2. The first kappa shape index (κ1) is 17.2. The Kier molecular flexibility index (Phi) is 7.12. The van der Waals surface area contributed by atoms with Gasteiger partial charge in [-0.2, -0.15) is 8.78 Å². The molecule has 1 saturated heterocycles. The van der Waals surface area contributed by atoms with Crippen LogP contribution in [-0.4, -0.2) is 36.2 Å². The lowest BCUT2D eigenvalue weighted by Gasteiger charge is -2.23. The highest BCUT2D eigenvalue weighted by Gasteiger charge is 2.12. The topological polar surface area (TPSA) is 32.3 Å². The number of carbonyl (C=O) groups is 1. The van der Waals surface area contributed by atoms with Crippen LogP contribution in [0, 0.1) is 0 Å². The lowest BCUT2D eigenvalue weighted by atomic mass is 10.1. The largest absolute Gasteiger partial charge is 0.325 e. The summed E-state index contributed by atoms with van der Waals surface area (Å²) in [5.41, 5.74) is 0.649. The minimum absolute atomic E-state index is 0.0464. The van der Waals surface area contributed by atoms with E-state index in [0.717, 1.165) is 25.9 Å². The van der Waals surface area contributed by atoms with Crippen LogP contribution in [0.1, 0.15) is 32.1 Å². The van der Waals surface area contributed by atoms with E-state index < -0.39 is 5.76 Å². The summed E-state index contributed by atoms with van der Waals surface area (Å²) >= 11 is 0.505. The van der Waals surface area contributed by atoms with Gasteiger partial charge in [0.15, 0.2) is 0 Å². The SMILES string of the molecule is O=C(CN1CCCCCCC1)Nc1ccc(SC(F)F)cc1. The van der Waals surface area contributed by atoms with E-state index in [1.807, 2.05) is 0 Å². The van der Waals surface area contributed by atoms with Gasteiger partial charge in [0.25, 0.3) is 5.76 Å². The highest BCUT2D eigenvalue weighted by molar-refractivity contribution is 7.99. The molecule has 0 saturated carbocycles. The molecule has 0 unspecified atom stereocenters. The Morgan fingerprint density at radius 2 is 1.68 bits per heavy atom. The summed E-state index contributed by atoms with van der Waals surface area (Å²) in [4.78, 5) is 14.8. The van der Waals surface area contributed by atoms with Gasteiger partial charge in [0, 0.05) is 10.6 Å². The van der Waals surface area contributed by atoms with E-state index in [1.54, 1.807) is 24.3 Å². The molecule has 1 aliphatic heterocycles. The maximum Gasteiger partial charge on any atom is 0.288 e. The van der Waals surface area contributed by atoms with E-state index in [2.05, 4.69) is 10.2 Å². The van der Waals surface area contributed by atoms with Crippen LogP contribution in [0.5, 0.6) is 0 Å². The van der Waals surface area contributed by atoms with Crippen molar-refractivity contribution < 1.29 is 13.6 Å². The average molecular weight is 328 g/mol. The van der Waals surface area contributed by atoms with Gasteiger partial charge >= 0.3 is 0 Å². The monoisotopic (exact) mass is 328 g/mol. The van der Waals surface area contributed by atoms with Crippen LogP contribution in [0.25, 0.3) is 0 Å². The number of hydrogen-bond acceptors (Lipinski definition) is 3. The quantitative estimate of drug-likeness (QED) is 0.822. The van der Waals surface area contributed by atoms with Gasteiger partial charge in [-0.3, -0.25) is 9.69 Å². The number of rotatable bonds is 5. The molecule has 2 rings (SSSR count). The second-order valence-corrected chi connectivity index (χ2v) is 6.56. The second kappa shape index (κ2) is 9.10. The fourth-order valence-corrected chi connectivity index (χ4v) is 3.09. The molecule has 1 amide bonds. The predicted octanol–water partition coefficient (Wildman–Crippen LogP) is 4.21. The van der Waals surface area contributed by atoms with Crippen molar-refractivity contribution in [2.24, 2.45) is 0 Å². The minimum atomic E-state index is -2.42. The zero-order chi connectivity index (χ0) is 15.8. The first-order valence-electron chi connectivity index (χ1n) is 7.70. The maximum atomic E-state index is 12.2. The number of alkyl halides is 2. The zero-order valence-electron chi connectivity index (χ0n) is 12.6. The van der Waals surface area contributed by atoms with Crippen LogP contribution >= 0.6 is 11.8 Å². The van der Waals surface area contributed by atoms with Crippen molar-refractivity contribution in [3.8, 4) is 0 Å². The first-order valence-corrected chi connectivity index (χ1v) is 8.58. The van der Waals surface area contributed by atoms with Crippen molar-refractivity contribution in [2.45, 2.75) is 42.8 Å². The third-order valence-electron chi connectivity index (χ3n) is 3.68. The summed E-state index contributed by atoms with van der Waals surface area (Å²) in [6.07, 6.45) is 6.06. The number of likely N-dealkylation sites (tertiary alicyclic amines) is 1. The molecule has 3 nitrogen and oxygen atoms in total. The molecule has 1 aromatic rings. The van der Waals surface area contributed by atoms with Crippen molar-refractivity contribution >= 4 is 23.4 Å². The number of nitrogens with one attached hydrogen (secondary N) is 1. The number of anilines is 1. The molecule has 0 atom stereocenters. The maximum absolute atomic E-state index is 12.2. The van der Waals surface area contributed by atoms with Crippen LogP contribution in [0.4, 0.5) is 14.5 Å². The second-order valence-electron chi connectivity index (χ2n) is 5.49. The van der Waals surface area contributed by atoms with E-state index >= 15 is 0 Å². The van der Waals surface area contributed by atoms with Crippen LogP contribution in [0.15, 0.2) is 29.2 Å². The number of carbonyl (C=O) groups excluding carboxylic acids is 1. The number of hydrogen-bond donors (Lipinski definition) is 1. The Balaban J connectivity index is 1.80. The molecular weight excluding hydrogens is 306 g/mol. The summed E-state index contributed by atoms with van der Waals surface area (Å²) in [6.45, 7) is 2.34. The first-order chi connectivity index (χ1) is 10.6. The molecular formula is C16H22F2N2OS. The molecule has 0 radical (unpaired) electrons. The molecule has 1 aliphatic rings. The summed E-state index contributed by atoms with van der Waals surface area (Å²) < 4.78 is 24.5. The normalized spacial score (nSPS) is 17.0. The van der Waals surface area contributed by atoms with Crippen LogP contribution in [0.3, 0.4) is 0 Å². The zero-order valence-corrected chi connectivity index (χ0v) is 13.4. The highest BCUT2D eigenvalue weighted by atomic mass is 32.2. The summed E-state index contributed by atoms with van der Waals surface area (Å²) in [7, 11) is 0. The molecule has 1 heterocycles. The fourth-order valence-electron chi connectivity index (χ4n) is 2.59. The molecule has 6 heteroatoms. The van der Waals surface area contributed by atoms with Crippen LogP contribution < -0.4 is 5.32 Å². The Morgan fingerprint density at radius 3 is 2.27 bits per heavy atom. The molecule has 0 bridgehead atoms. The van der Waals surface area contributed by atoms with Gasteiger partial charge in [0.2, 0.25) is 5.91 Å². The molecule has 22 heavy (non-hydrogen) atoms. The van der Waals surface area contributed by atoms with Gasteiger partial charge in [-0.25, -0.2) is 0 Å². The van der Waals surface area contributed by atoms with Crippen molar-refractivity contribution in [1.29, 1.82) is 0 Å². The third kappa shape index (κ3) is 6.32. The average Bonchev–Trinajstić information content (AvgIpc) is 2.43. The summed E-state index contributed by atoms with van der Waals surface area (Å²) in [6, 6.07) is 6.53. The molecule has 1 fully saturated rings. The molecule has 0 aromatic heterocycles. The smallest absolute Gasteiger partial charge is 0.288 e. The van der Waals surface area contributed by atoms with Gasteiger partial charge < -0.3 is 5.32 Å². The molecule has 122 valence electrons. The van der Waals surface area contributed by atoms with Crippen molar-refractivity contribution in [2.75, 3.05) is 25.0 Å². The lowest BCUT2D eigenvalue weighted by molar-refractivity contribution is -0.117. The Morgan fingerprint density at radius 1 is 1.09 bits per heavy atom. The molecule has 1 aromatic carbocycles. The Labute approximate surface area is 134 Å². The van der Waals surface area contributed by atoms with Gasteiger partial charge in [0.1, 0.15) is 0 Å². The van der Waals surface area contributed by atoms with Crippen molar-refractivity contribution in [3.05, 3.63) is 24.3 Å². The van der Waals surface area contributed by atoms with Crippen LogP contribution in [-0.2, 0) is 4.79 Å².